The van der Waals surface area contributed by atoms with Gasteiger partial charge in [0.2, 0.25) is 5.91 Å². The van der Waals surface area contributed by atoms with Crippen molar-refractivity contribution in [2.24, 2.45) is 0 Å². The Bertz CT molecular complexity index is 1390. The van der Waals surface area contributed by atoms with Crippen LogP contribution in [0.25, 0.3) is 22.0 Å². The minimum atomic E-state index is -1.03. The molecule has 8 heteroatoms. The summed E-state index contributed by atoms with van der Waals surface area (Å²) in [6.07, 6.45) is 0. The van der Waals surface area contributed by atoms with Gasteiger partial charge in [-0.25, -0.2) is 13.5 Å². The van der Waals surface area contributed by atoms with Crippen molar-refractivity contribution < 1.29 is 18.3 Å². The Morgan fingerprint density at radius 1 is 1.00 bits per heavy atom. The third kappa shape index (κ3) is 5.06. The van der Waals surface area contributed by atoms with Crippen molar-refractivity contribution in [1.82, 2.24) is 15.1 Å². The summed E-state index contributed by atoms with van der Waals surface area (Å²) < 4.78 is 33.9. The largest absolute Gasteiger partial charge is 0.492 e. The molecule has 0 aliphatic heterocycles. The smallest absolute Gasteiger partial charge is 0.275 e. The van der Waals surface area contributed by atoms with Crippen molar-refractivity contribution in [2.45, 2.75) is 13.5 Å². The predicted molar refractivity (Wildman–Crippen MR) is 121 cm³/mol. The fourth-order valence-electron chi connectivity index (χ4n) is 3.46. The van der Waals surface area contributed by atoms with Crippen LogP contribution < -0.4 is 15.6 Å². The average molecular weight is 449 g/mol. The van der Waals surface area contributed by atoms with Crippen molar-refractivity contribution in [3.8, 4) is 17.0 Å². The van der Waals surface area contributed by atoms with Crippen LogP contribution in [0, 0.1) is 18.6 Å². The van der Waals surface area contributed by atoms with Crippen LogP contribution in [0.5, 0.6) is 5.75 Å². The Labute approximate surface area is 188 Å². The van der Waals surface area contributed by atoms with E-state index in [1.165, 1.54) is 6.07 Å². The van der Waals surface area contributed by atoms with Crippen molar-refractivity contribution in [3.63, 3.8) is 0 Å². The molecule has 0 aliphatic carbocycles. The van der Waals surface area contributed by atoms with Gasteiger partial charge in [-0.3, -0.25) is 9.59 Å². The molecule has 168 valence electrons. The molecule has 1 aromatic heterocycles. The molecule has 0 unspecified atom stereocenters. The number of fused-ring (bicyclic) bond motifs is 1. The molecule has 1 N–H and O–H groups in total. The summed E-state index contributed by atoms with van der Waals surface area (Å²) in [7, 11) is 0. The van der Waals surface area contributed by atoms with Crippen LogP contribution in [0.3, 0.4) is 0 Å². The third-order valence-corrected chi connectivity index (χ3v) is 5.04. The van der Waals surface area contributed by atoms with E-state index in [-0.39, 0.29) is 25.4 Å². The van der Waals surface area contributed by atoms with E-state index in [0.29, 0.717) is 22.1 Å². The fraction of sp³-hybridized carbons (Fsp3) is 0.160. The van der Waals surface area contributed by atoms with E-state index >= 15 is 0 Å². The van der Waals surface area contributed by atoms with Gasteiger partial charge in [0.1, 0.15) is 18.9 Å². The molecule has 4 aromatic rings. The zero-order valence-corrected chi connectivity index (χ0v) is 17.8. The lowest BCUT2D eigenvalue weighted by molar-refractivity contribution is -0.122. The number of hydrogen-bond donors (Lipinski definition) is 1. The van der Waals surface area contributed by atoms with Gasteiger partial charge in [0, 0.05) is 10.9 Å². The molecule has 0 saturated heterocycles. The first-order valence-corrected chi connectivity index (χ1v) is 10.3. The highest BCUT2D eigenvalue weighted by Crippen LogP contribution is 2.26. The summed E-state index contributed by atoms with van der Waals surface area (Å²) >= 11 is 0. The average Bonchev–Trinajstić information content (AvgIpc) is 2.81. The van der Waals surface area contributed by atoms with Crippen molar-refractivity contribution in [2.75, 3.05) is 13.2 Å². The van der Waals surface area contributed by atoms with Crippen LogP contribution in [0.15, 0.2) is 71.5 Å². The minimum Gasteiger partial charge on any atom is -0.492 e. The molecule has 0 radical (unpaired) electrons. The van der Waals surface area contributed by atoms with Crippen LogP contribution >= 0.6 is 0 Å². The maximum absolute atomic E-state index is 13.8. The van der Waals surface area contributed by atoms with Gasteiger partial charge in [-0.05, 0) is 48.9 Å². The third-order valence-electron chi connectivity index (χ3n) is 5.04. The summed E-state index contributed by atoms with van der Waals surface area (Å²) in [6, 6.07) is 17.6. The number of hydrogen-bond acceptors (Lipinski definition) is 4. The zero-order valence-electron chi connectivity index (χ0n) is 17.8. The van der Waals surface area contributed by atoms with Gasteiger partial charge in [-0.1, -0.05) is 30.3 Å². The van der Waals surface area contributed by atoms with Crippen molar-refractivity contribution in [3.05, 3.63) is 94.3 Å². The molecule has 4 rings (SSSR count). The number of aromatic nitrogens is 2. The van der Waals surface area contributed by atoms with E-state index in [2.05, 4.69) is 10.4 Å². The Balaban J connectivity index is 1.52. The monoisotopic (exact) mass is 449 g/mol. The minimum absolute atomic E-state index is 0.241. The van der Waals surface area contributed by atoms with Crippen LogP contribution in [0.2, 0.25) is 0 Å². The molecule has 0 aliphatic rings. The number of aryl methyl sites for hydroxylation is 1. The van der Waals surface area contributed by atoms with Crippen LogP contribution in [-0.2, 0) is 11.3 Å². The molecular formula is C25H21F2N3O3. The molecule has 0 spiro atoms. The van der Waals surface area contributed by atoms with Crippen molar-refractivity contribution >= 4 is 16.7 Å². The molecule has 0 atom stereocenters. The van der Waals surface area contributed by atoms with E-state index < -0.39 is 23.1 Å². The quantitative estimate of drug-likeness (QED) is 0.435. The fourth-order valence-corrected chi connectivity index (χ4v) is 3.46. The van der Waals surface area contributed by atoms with Gasteiger partial charge in [0.25, 0.3) is 5.56 Å². The van der Waals surface area contributed by atoms with Crippen LogP contribution in [-0.4, -0.2) is 28.8 Å². The molecule has 0 saturated carbocycles. The van der Waals surface area contributed by atoms with E-state index in [1.807, 2.05) is 31.2 Å². The molecule has 33 heavy (non-hydrogen) atoms. The number of carbonyl (C=O) groups excluding carboxylic acids is 1. The first kappa shape index (κ1) is 22.1. The number of nitrogens with one attached hydrogen (secondary N) is 1. The lowest BCUT2D eigenvalue weighted by Gasteiger charge is -2.12. The van der Waals surface area contributed by atoms with Gasteiger partial charge < -0.3 is 10.1 Å². The first-order valence-electron chi connectivity index (χ1n) is 10.3. The van der Waals surface area contributed by atoms with Crippen LogP contribution in [0.4, 0.5) is 8.78 Å². The maximum Gasteiger partial charge on any atom is 0.275 e. The standard InChI is InChI=1S/C25H21F2N3O3/c1-16-5-4-6-18(13-16)33-12-11-28-23(31)15-30-25(32)20-8-3-2-7-19(20)24(29-30)17-9-10-21(26)22(27)14-17/h2-10,13-14H,11-12,15H2,1H3,(H,28,31). The molecule has 3 aromatic carbocycles. The number of carbonyl (C=O) groups is 1. The predicted octanol–water partition coefficient (Wildman–Crippen LogP) is 3.85. The normalized spacial score (nSPS) is 10.9. The Kier molecular flexibility index (Phi) is 6.44. The van der Waals surface area contributed by atoms with Crippen LogP contribution in [0.1, 0.15) is 5.56 Å². The molecule has 0 bridgehead atoms. The molecule has 0 fully saturated rings. The lowest BCUT2D eigenvalue weighted by Crippen LogP contribution is -2.35. The highest BCUT2D eigenvalue weighted by Gasteiger charge is 2.15. The van der Waals surface area contributed by atoms with Gasteiger partial charge in [0.05, 0.1) is 17.6 Å². The number of amides is 1. The number of rotatable bonds is 7. The zero-order chi connectivity index (χ0) is 23.4. The van der Waals surface area contributed by atoms with Gasteiger partial charge >= 0.3 is 0 Å². The highest BCUT2D eigenvalue weighted by molar-refractivity contribution is 5.93. The Morgan fingerprint density at radius 2 is 1.79 bits per heavy atom. The summed E-state index contributed by atoms with van der Waals surface area (Å²) in [6.45, 7) is 2.13. The summed E-state index contributed by atoms with van der Waals surface area (Å²) in [4.78, 5) is 25.3. The van der Waals surface area contributed by atoms with E-state index in [0.717, 1.165) is 22.4 Å². The summed E-state index contributed by atoms with van der Waals surface area (Å²) in [5.41, 5.74) is 1.18. The molecule has 1 amide bonds. The second-order valence-electron chi connectivity index (χ2n) is 7.50. The maximum atomic E-state index is 13.8. The van der Waals surface area contributed by atoms with Gasteiger partial charge in [-0.2, -0.15) is 5.10 Å². The number of benzene rings is 3. The SMILES string of the molecule is Cc1cccc(OCCNC(=O)Cn2nc(-c3ccc(F)c(F)c3)c3ccccc3c2=O)c1. The molecular weight excluding hydrogens is 428 g/mol. The van der Waals surface area contributed by atoms with E-state index in [9.17, 15) is 18.4 Å². The summed E-state index contributed by atoms with van der Waals surface area (Å²) in [5.74, 6) is -1.73. The second kappa shape index (κ2) is 9.60. The van der Waals surface area contributed by atoms with Gasteiger partial charge in [0.15, 0.2) is 11.6 Å². The summed E-state index contributed by atoms with van der Waals surface area (Å²) in [5, 5.41) is 7.79. The number of ether oxygens (including phenoxy) is 1. The van der Waals surface area contributed by atoms with Gasteiger partial charge in [-0.15, -0.1) is 0 Å². The Hall–Kier alpha value is -4.07. The second-order valence-corrected chi connectivity index (χ2v) is 7.50. The number of nitrogens with zero attached hydrogens (tertiary/aromatic N) is 2. The van der Waals surface area contributed by atoms with E-state index in [4.69, 9.17) is 4.74 Å². The Morgan fingerprint density at radius 3 is 2.55 bits per heavy atom. The highest BCUT2D eigenvalue weighted by atomic mass is 19.2. The molecule has 6 nitrogen and oxygen atoms in total. The van der Waals surface area contributed by atoms with Crippen molar-refractivity contribution in [1.29, 1.82) is 0 Å². The molecule has 1 heterocycles. The number of halogens is 2. The lowest BCUT2D eigenvalue weighted by atomic mass is 10.0. The first-order chi connectivity index (χ1) is 15.9. The van der Waals surface area contributed by atoms with E-state index in [1.54, 1.807) is 24.3 Å². The topological polar surface area (TPSA) is 73.2 Å².